The summed E-state index contributed by atoms with van der Waals surface area (Å²) in [7, 11) is 0. The number of carbonyl (C=O) groups is 2. The number of halogens is 1. The van der Waals surface area contributed by atoms with E-state index in [1.165, 1.54) is 0 Å². The fraction of sp³-hybridized carbons (Fsp3) is 0.833. The molecule has 2 amide bonds. The molecule has 3 atom stereocenters. The molecule has 0 heterocycles. The van der Waals surface area contributed by atoms with Gasteiger partial charge >= 0.3 is 0 Å². The quantitative estimate of drug-likeness (QED) is 0.649. The Bertz CT molecular complexity index is 260. The summed E-state index contributed by atoms with van der Waals surface area (Å²) in [6.07, 6.45) is 1.86. The highest BCUT2D eigenvalue weighted by Crippen LogP contribution is 1.95. The molecule has 5 nitrogen and oxygen atoms in total. The Morgan fingerprint density at radius 1 is 1.17 bits per heavy atom. The lowest BCUT2D eigenvalue weighted by atomic mass is 10.2. The van der Waals surface area contributed by atoms with Gasteiger partial charge in [-0.25, -0.2) is 0 Å². The highest BCUT2D eigenvalue weighted by molar-refractivity contribution is 5.87. The van der Waals surface area contributed by atoms with E-state index in [1.54, 1.807) is 6.92 Å². The number of amides is 2. The van der Waals surface area contributed by atoms with Gasteiger partial charge in [0.1, 0.15) is 6.04 Å². The van der Waals surface area contributed by atoms with Crippen LogP contribution in [0.2, 0.25) is 0 Å². The van der Waals surface area contributed by atoms with Crippen molar-refractivity contribution in [2.75, 3.05) is 0 Å². The maximum Gasteiger partial charge on any atom is 0.242 e. The van der Waals surface area contributed by atoms with Crippen molar-refractivity contribution in [2.45, 2.75) is 65.1 Å². The van der Waals surface area contributed by atoms with Crippen LogP contribution in [0.5, 0.6) is 0 Å². The molecule has 6 heteroatoms. The molecule has 0 aromatic rings. The number of hydrogen-bond donors (Lipinski definition) is 3. The molecule has 4 N–H and O–H groups in total. The van der Waals surface area contributed by atoms with Crippen molar-refractivity contribution in [1.29, 1.82) is 0 Å². The predicted octanol–water partition coefficient (Wildman–Crippen LogP) is 0.955. The van der Waals surface area contributed by atoms with E-state index in [-0.39, 0.29) is 36.3 Å². The van der Waals surface area contributed by atoms with Crippen LogP contribution in [0.4, 0.5) is 0 Å². The first-order valence-electron chi connectivity index (χ1n) is 6.22. The van der Waals surface area contributed by atoms with Gasteiger partial charge in [-0.1, -0.05) is 6.92 Å². The molecule has 0 aliphatic heterocycles. The first-order valence-corrected chi connectivity index (χ1v) is 6.22. The summed E-state index contributed by atoms with van der Waals surface area (Å²) in [5.41, 5.74) is 5.56. The number of carbonyl (C=O) groups excluding carboxylic acids is 2. The van der Waals surface area contributed by atoms with Gasteiger partial charge in [0, 0.05) is 18.5 Å². The Labute approximate surface area is 116 Å². The summed E-state index contributed by atoms with van der Waals surface area (Å²) in [6.45, 7) is 7.47. The fourth-order valence-corrected chi connectivity index (χ4v) is 1.21. The molecule has 0 spiro atoms. The SMILES string of the molecule is CCC(C)NC(=O)C(C)NC(=O)CCC(C)N.Cl. The third-order valence-corrected chi connectivity index (χ3v) is 2.60. The van der Waals surface area contributed by atoms with Crippen molar-refractivity contribution in [3.05, 3.63) is 0 Å². The molecule has 0 saturated carbocycles. The van der Waals surface area contributed by atoms with Crippen LogP contribution in [0, 0.1) is 0 Å². The minimum Gasteiger partial charge on any atom is -0.352 e. The van der Waals surface area contributed by atoms with Crippen molar-refractivity contribution in [3.63, 3.8) is 0 Å². The van der Waals surface area contributed by atoms with Crippen LogP contribution >= 0.6 is 12.4 Å². The Balaban J connectivity index is 0. The second-order valence-electron chi connectivity index (χ2n) is 4.62. The van der Waals surface area contributed by atoms with Crippen molar-refractivity contribution in [1.82, 2.24) is 10.6 Å². The molecule has 0 aromatic heterocycles. The van der Waals surface area contributed by atoms with Crippen LogP contribution in [0.15, 0.2) is 0 Å². The second-order valence-corrected chi connectivity index (χ2v) is 4.62. The zero-order chi connectivity index (χ0) is 13.4. The molecule has 0 aromatic carbocycles. The maximum absolute atomic E-state index is 11.6. The predicted molar refractivity (Wildman–Crippen MR) is 75.6 cm³/mol. The van der Waals surface area contributed by atoms with Crippen molar-refractivity contribution >= 4 is 24.2 Å². The number of rotatable bonds is 7. The lowest BCUT2D eigenvalue weighted by Gasteiger charge is -2.17. The van der Waals surface area contributed by atoms with Crippen LogP contribution < -0.4 is 16.4 Å². The third kappa shape index (κ3) is 9.24. The number of nitrogens with one attached hydrogen (secondary N) is 2. The molecule has 0 radical (unpaired) electrons. The summed E-state index contributed by atoms with van der Waals surface area (Å²) in [5.74, 6) is -0.275. The van der Waals surface area contributed by atoms with Gasteiger partial charge in [0.05, 0.1) is 0 Å². The van der Waals surface area contributed by atoms with E-state index in [0.29, 0.717) is 12.8 Å². The molecular formula is C12H26ClN3O2. The van der Waals surface area contributed by atoms with E-state index in [2.05, 4.69) is 10.6 Å². The van der Waals surface area contributed by atoms with Crippen LogP contribution in [0.25, 0.3) is 0 Å². The minimum absolute atomic E-state index is 0. The third-order valence-electron chi connectivity index (χ3n) is 2.60. The van der Waals surface area contributed by atoms with Gasteiger partial charge in [0.25, 0.3) is 0 Å². The van der Waals surface area contributed by atoms with Crippen LogP contribution in [0.3, 0.4) is 0 Å². The molecule has 0 aliphatic rings. The zero-order valence-corrected chi connectivity index (χ0v) is 12.5. The van der Waals surface area contributed by atoms with E-state index in [4.69, 9.17) is 5.73 Å². The van der Waals surface area contributed by atoms with Gasteiger partial charge in [-0.15, -0.1) is 12.4 Å². The van der Waals surface area contributed by atoms with Gasteiger partial charge in [0.15, 0.2) is 0 Å². The smallest absolute Gasteiger partial charge is 0.242 e. The van der Waals surface area contributed by atoms with E-state index in [0.717, 1.165) is 6.42 Å². The molecule has 18 heavy (non-hydrogen) atoms. The lowest BCUT2D eigenvalue weighted by Crippen LogP contribution is -2.47. The van der Waals surface area contributed by atoms with Crippen molar-refractivity contribution in [2.24, 2.45) is 5.73 Å². The molecule has 3 unspecified atom stereocenters. The Morgan fingerprint density at radius 2 is 1.72 bits per heavy atom. The molecular weight excluding hydrogens is 254 g/mol. The molecule has 0 rings (SSSR count). The second kappa shape index (κ2) is 10.1. The maximum atomic E-state index is 11.6. The summed E-state index contributed by atoms with van der Waals surface area (Å²) in [5, 5.41) is 5.48. The highest BCUT2D eigenvalue weighted by Gasteiger charge is 2.16. The van der Waals surface area contributed by atoms with Gasteiger partial charge < -0.3 is 16.4 Å². The largest absolute Gasteiger partial charge is 0.352 e. The fourth-order valence-electron chi connectivity index (χ4n) is 1.21. The summed E-state index contributed by atoms with van der Waals surface area (Å²) in [6, 6.07) is -0.361. The van der Waals surface area contributed by atoms with Crippen molar-refractivity contribution < 1.29 is 9.59 Å². The Morgan fingerprint density at radius 3 is 2.17 bits per heavy atom. The highest BCUT2D eigenvalue weighted by atomic mass is 35.5. The topological polar surface area (TPSA) is 84.2 Å². The Kier molecular flexibility index (Phi) is 11.0. The van der Waals surface area contributed by atoms with Crippen LogP contribution in [-0.4, -0.2) is 29.9 Å². The van der Waals surface area contributed by atoms with Crippen molar-refractivity contribution in [3.8, 4) is 0 Å². The van der Waals surface area contributed by atoms with E-state index in [9.17, 15) is 9.59 Å². The van der Waals surface area contributed by atoms with Gasteiger partial charge in [-0.05, 0) is 33.6 Å². The summed E-state index contributed by atoms with van der Waals surface area (Å²) >= 11 is 0. The minimum atomic E-state index is -0.496. The first kappa shape index (κ1) is 19.5. The van der Waals surface area contributed by atoms with E-state index >= 15 is 0 Å². The molecule has 0 aliphatic carbocycles. The number of nitrogens with two attached hydrogens (primary N) is 1. The summed E-state index contributed by atoms with van der Waals surface area (Å²) < 4.78 is 0. The average molecular weight is 280 g/mol. The van der Waals surface area contributed by atoms with E-state index in [1.807, 2.05) is 20.8 Å². The normalized spacial score (nSPS) is 14.9. The molecule has 108 valence electrons. The average Bonchev–Trinajstić information content (AvgIpc) is 2.25. The first-order chi connectivity index (χ1) is 7.86. The van der Waals surface area contributed by atoms with E-state index < -0.39 is 6.04 Å². The molecule has 0 fully saturated rings. The monoisotopic (exact) mass is 279 g/mol. The van der Waals surface area contributed by atoms with Crippen LogP contribution in [0.1, 0.15) is 47.0 Å². The Hall–Kier alpha value is -0.810. The van der Waals surface area contributed by atoms with Gasteiger partial charge in [0.2, 0.25) is 11.8 Å². The number of hydrogen-bond acceptors (Lipinski definition) is 3. The van der Waals surface area contributed by atoms with Gasteiger partial charge in [-0.2, -0.15) is 0 Å². The zero-order valence-electron chi connectivity index (χ0n) is 11.7. The van der Waals surface area contributed by atoms with Crippen LogP contribution in [-0.2, 0) is 9.59 Å². The van der Waals surface area contributed by atoms with Gasteiger partial charge in [-0.3, -0.25) is 9.59 Å². The molecule has 0 saturated heterocycles. The summed E-state index contributed by atoms with van der Waals surface area (Å²) in [4.78, 5) is 23.1. The lowest BCUT2D eigenvalue weighted by molar-refractivity contribution is -0.129. The molecule has 0 bridgehead atoms. The standard InChI is InChI=1S/C12H25N3O2.ClH/c1-5-9(3)14-12(17)10(4)15-11(16)7-6-8(2)13;/h8-10H,5-7,13H2,1-4H3,(H,14,17)(H,15,16);1H.